The second-order valence-electron chi connectivity index (χ2n) is 6.03. The summed E-state index contributed by atoms with van der Waals surface area (Å²) >= 11 is 3.28. The molecule has 1 N–H and O–H groups in total. The quantitative estimate of drug-likeness (QED) is 0.745. The van der Waals surface area contributed by atoms with E-state index in [2.05, 4.69) is 26.2 Å². The van der Waals surface area contributed by atoms with Crippen LogP contribution in [0.3, 0.4) is 0 Å². The molecule has 25 heavy (non-hydrogen) atoms. The van der Waals surface area contributed by atoms with Crippen LogP contribution in [0.15, 0.2) is 22.8 Å². The number of carbonyl (C=O) groups is 2. The van der Waals surface area contributed by atoms with Crippen molar-refractivity contribution >= 4 is 43.6 Å². The van der Waals surface area contributed by atoms with Gasteiger partial charge in [0, 0.05) is 36.7 Å². The van der Waals surface area contributed by atoms with Crippen LogP contribution in [-0.2, 0) is 19.6 Å². The Balaban J connectivity index is 1.83. The first-order chi connectivity index (χ1) is 11.7. The highest BCUT2D eigenvalue weighted by atomic mass is 79.9. The van der Waals surface area contributed by atoms with Gasteiger partial charge in [0.05, 0.1) is 12.8 Å². The van der Waals surface area contributed by atoms with Crippen molar-refractivity contribution in [3.8, 4) is 0 Å². The van der Waals surface area contributed by atoms with Crippen molar-refractivity contribution in [1.82, 2.24) is 14.2 Å². The molecule has 1 aliphatic rings. The van der Waals surface area contributed by atoms with Gasteiger partial charge < -0.3 is 10.2 Å². The van der Waals surface area contributed by atoms with E-state index in [-0.39, 0.29) is 24.3 Å². The van der Waals surface area contributed by atoms with Crippen molar-refractivity contribution < 1.29 is 18.0 Å². The predicted octanol–water partition coefficient (Wildman–Crippen LogP) is 0.913. The molecular formula is C15H21BrN4O4S. The van der Waals surface area contributed by atoms with Crippen LogP contribution in [-0.4, -0.2) is 67.4 Å². The van der Waals surface area contributed by atoms with Crippen LogP contribution < -0.4 is 5.32 Å². The van der Waals surface area contributed by atoms with Gasteiger partial charge in [0.1, 0.15) is 5.82 Å². The third-order valence-electron chi connectivity index (χ3n) is 4.12. The summed E-state index contributed by atoms with van der Waals surface area (Å²) < 4.78 is 24.6. The molecule has 0 saturated carbocycles. The topological polar surface area (TPSA) is 99.7 Å². The van der Waals surface area contributed by atoms with E-state index in [1.165, 1.54) is 7.05 Å². The number of aromatic nitrogens is 1. The first-order valence-corrected chi connectivity index (χ1v) is 10.4. The summed E-state index contributed by atoms with van der Waals surface area (Å²) in [6.07, 6.45) is 3.75. The number of anilines is 1. The SMILES string of the molecule is CN(CC(=O)N1CCC(C(=O)Nc2ccc(Br)cn2)CC1)S(C)(=O)=O. The van der Waals surface area contributed by atoms with Gasteiger partial charge in [-0.1, -0.05) is 0 Å². The molecule has 0 aromatic carbocycles. The van der Waals surface area contributed by atoms with Gasteiger partial charge in [-0.2, -0.15) is 4.31 Å². The Kier molecular flexibility index (Phi) is 6.53. The Morgan fingerprint density at radius 2 is 2.00 bits per heavy atom. The Morgan fingerprint density at radius 3 is 2.52 bits per heavy atom. The van der Waals surface area contributed by atoms with E-state index in [0.29, 0.717) is 31.7 Å². The van der Waals surface area contributed by atoms with E-state index in [4.69, 9.17) is 0 Å². The molecule has 138 valence electrons. The molecular weight excluding hydrogens is 412 g/mol. The highest BCUT2D eigenvalue weighted by Gasteiger charge is 2.28. The minimum Gasteiger partial charge on any atom is -0.342 e. The fraction of sp³-hybridized carbons (Fsp3) is 0.533. The predicted molar refractivity (Wildman–Crippen MR) is 97.3 cm³/mol. The zero-order valence-corrected chi connectivity index (χ0v) is 16.5. The molecule has 8 nitrogen and oxygen atoms in total. The molecule has 2 amide bonds. The van der Waals surface area contributed by atoms with Gasteiger partial charge in [0.25, 0.3) is 0 Å². The largest absolute Gasteiger partial charge is 0.342 e. The number of halogens is 1. The normalized spacial score (nSPS) is 16.1. The van der Waals surface area contributed by atoms with Crippen molar-refractivity contribution in [2.75, 3.05) is 38.3 Å². The molecule has 0 atom stereocenters. The van der Waals surface area contributed by atoms with E-state index >= 15 is 0 Å². The van der Waals surface area contributed by atoms with E-state index in [9.17, 15) is 18.0 Å². The van der Waals surface area contributed by atoms with E-state index in [1.54, 1.807) is 23.2 Å². The number of sulfonamides is 1. The Labute approximate surface area is 155 Å². The number of likely N-dealkylation sites (tertiary alicyclic amines) is 1. The maximum Gasteiger partial charge on any atom is 0.237 e. The second kappa shape index (κ2) is 8.24. The van der Waals surface area contributed by atoms with Crippen LogP contribution in [0.4, 0.5) is 5.82 Å². The standard InChI is InChI=1S/C15H21BrN4O4S/c1-19(25(2,23)24)10-14(21)20-7-5-11(6-8-20)15(22)18-13-4-3-12(16)9-17-13/h3-4,9,11H,5-8,10H2,1-2H3,(H,17,18,22). The van der Waals surface area contributed by atoms with Crippen LogP contribution in [0.25, 0.3) is 0 Å². The summed E-state index contributed by atoms with van der Waals surface area (Å²) in [5, 5.41) is 2.77. The number of rotatable bonds is 5. The number of likely N-dealkylation sites (N-methyl/N-ethyl adjacent to an activating group) is 1. The average Bonchev–Trinajstić information content (AvgIpc) is 2.56. The molecule has 0 spiro atoms. The van der Waals surface area contributed by atoms with E-state index in [0.717, 1.165) is 15.0 Å². The fourth-order valence-corrected chi connectivity index (χ4v) is 3.06. The van der Waals surface area contributed by atoms with Gasteiger partial charge in [-0.25, -0.2) is 13.4 Å². The minimum atomic E-state index is -3.39. The number of carbonyl (C=O) groups excluding carboxylic acids is 2. The lowest BCUT2D eigenvalue weighted by atomic mass is 9.96. The third-order valence-corrected chi connectivity index (χ3v) is 5.85. The molecule has 1 aromatic rings. The molecule has 2 rings (SSSR count). The molecule has 0 bridgehead atoms. The summed E-state index contributed by atoms with van der Waals surface area (Å²) in [6, 6.07) is 3.50. The lowest BCUT2D eigenvalue weighted by Crippen LogP contribution is -2.45. The van der Waals surface area contributed by atoms with Crippen molar-refractivity contribution in [3.63, 3.8) is 0 Å². The average molecular weight is 433 g/mol. The first kappa shape index (κ1) is 19.8. The number of nitrogens with one attached hydrogen (secondary N) is 1. The van der Waals surface area contributed by atoms with Gasteiger partial charge in [-0.05, 0) is 40.9 Å². The van der Waals surface area contributed by atoms with Gasteiger partial charge in [0.15, 0.2) is 0 Å². The maximum absolute atomic E-state index is 12.3. The highest BCUT2D eigenvalue weighted by Crippen LogP contribution is 2.20. The van der Waals surface area contributed by atoms with Crippen LogP contribution in [0.5, 0.6) is 0 Å². The lowest BCUT2D eigenvalue weighted by molar-refractivity contribution is -0.134. The van der Waals surface area contributed by atoms with Crippen LogP contribution in [0, 0.1) is 5.92 Å². The summed E-state index contributed by atoms with van der Waals surface area (Å²) in [5.74, 6) is -0.0693. The number of hydrogen-bond donors (Lipinski definition) is 1. The van der Waals surface area contributed by atoms with Crippen molar-refractivity contribution in [2.24, 2.45) is 5.92 Å². The molecule has 1 saturated heterocycles. The monoisotopic (exact) mass is 432 g/mol. The van der Waals surface area contributed by atoms with Gasteiger partial charge >= 0.3 is 0 Å². The van der Waals surface area contributed by atoms with Crippen molar-refractivity contribution in [1.29, 1.82) is 0 Å². The van der Waals surface area contributed by atoms with Crippen LogP contribution >= 0.6 is 15.9 Å². The Morgan fingerprint density at radius 1 is 1.36 bits per heavy atom. The Bertz CT molecular complexity index is 730. The number of hydrogen-bond acceptors (Lipinski definition) is 5. The summed E-state index contributed by atoms with van der Waals surface area (Å²) in [4.78, 5) is 30.2. The van der Waals surface area contributed by atoms with Crippen molar-refractivity contribution in [3.05, 3.63) is 22.8 Å². The number of pyridine rings is 1. The molecule has 0 radical (unpaired) electrons. The van der Waals surface area contributed by atoms with Crippen LogP contribution in [0.2, 0.25) is 0 Å². The van der Waals surface area contributed by atoms with E-state index in [1.807, 2.05) is 0 Å². The number of amides is 2. The molecule has 10 heteroatoms. The molecule has 2 heterocycles. The van der Waals surface area contributed by atoms with Crippen molar-refractivity contribution in [2.45, 2.75) is 12.8 Å². The maximum atomic E-state index is 12.3. The number of nitrogens with zero attached hydrogens (tertiary/aromatic N) is 3. The molecule has 1 aromatic heterocycles. The van der Waals surface area contributed by atoms with E-state index < -0.39 is 10.0 Å². The van der Waals surface area contributed by atoms with Gasteiger partial charge in [0.2, 0.25) is 21.8 Å². The lowest BCUT2D eigenvalue weighted by Gasteiger charge is -2.32. The third kappa shape index (κ3) is 5.75. The van der Waals surface area contributed by atoms with Crippen LogP contribution in [0.1, 0.15) is 12.8 Å². The van der Waals surface area contributed by atoms with Gasteiger partial charge in [-0.3, -0.25) is 9.59 Å². The smallest absolute Gasteiger partial charge is 0.237 e. The highest BCUT2D eigenvalue weighted by molar-refractivity contribution is 9.10. The second-order valence-corrected chi connectivity index (χ2v) is 9.03. The Hall–Kier alpha value is -1.52. The van der Waals surface area contributed by atoms with Gasteiger partial charge in [-0.15, -0.1) is 0 Å². The summed E-state index contributed by atoms with van der Waals surface area (Å²) in [7, 11) is -2.01. The minimum absolute atomic E-state index is 0.116. The first-order valence-electron chi connectivity index (χ1n) is 7.78. The molecule has 0 aliphatic carbocycles. The molecule has 1 fully saturated rings. The summed E-state index contributed by atoms with van der Waals surface area (Å²) in [5.41, 5.74) is 0. The molecule has 0 unspecified atom stereocenters. The summed E-state index contributed by atoms with van der Waals surface area (Å²) in [6.45, 7) is 0.684. The zero-order valence-electron chi connectivity index (χ0n) is 14.1. The molecule has 1 aliphatic heterocycles. The fourth-order valence-electron chi connectivity index (χ4n) is 2.48. The zero-order chi connectivity index (χ0) is 18.6. The number of piperidine rings is 1.